The van der Waals surface area contributed by atoms with Gasteiger partial charge in [-0.15, -0.1) is 0 Å². The Labute approximate surface area is 595 Å². The molecule has 8 atom stereocenters. The fourth-order valence-electron chi connectivity index (χ4n) is 14.7. The first-order valence-corrected chi connectivity index (χ1v) is 35.3. The summed E-state index contributed by atoms with van der Waals surface area (Å²) in [6.45, 7) is 2.91. The Kier molecular flexibility index (Phi) is 27.7. The van der Waals surface area contributed by atoms with Crippen LogP contribution in [0, 0.1) is 30.4 Å². The fourth-order valence-corrected chi connectivity index (χ4v) is 14.7. The summed E-state index contributed by atoms with van der Waals surface area (Å²) in [5.74, 6) is -16.4. The first-order valence-electron chi connectivity index (χ1n) is 35.3. The lowest BCUT2D eigenvalue weighted by atomic mass is 9.81. The standard InChI is InChI=1S/C71H98F8N12O12/c1-11-43(3)59-66(101)85(6)40-56(94)83(4)41-57(95)86(7)51(36-44-25-23-42(2)24-26-44)64(99)84(5)39-54(92)80-49(28-27-45-34-47(72)58(48(73)35-45)71(77,78)79)63(98)91-33-19-22-50(91)62(97)82-69(29-15-16-30-69)68(103)89(10)60(46-20-13-12-14-21-46)67(102)88(9)52(65(100)90-31-17-18-32-90)37-55(93)87(8)53(61(96)81-59)38-70(74,75)76/h23-26,34-35,43,46,49-53,59-60H,11-22,27-33,36-41H2,1-10H3,(H,80,92)(H,81,96)(H,82,97)/t43-,49-,50-,51-,52-,53-,59-,60-/m0/s1. The van der Waals surface area contributed by atoms with Crippen molar-refractivity contribution in [2.24, 2.45) is 11.8 Å². The zero-order valence-electron chi connectivity index (χ0n) is 60.3. The Morgan fingerprint density at radius 3 is 1.77 bits per heavy atom. The molecule has 1 spiro atoms. The lowest BCUT2D eigenvalue weighted by Gasteiger charge is -2.43. The molecule has 2 saturated carbocycles. The highest BCUT2D eigenvalue weighted by molar-refractivity contribution is 6.01. The molecule has 0 bridgehead atoms. The molecule has 2 aliphatic carbocycles. The Balaban J connectivity index is 1.31. The van der Waals surface area contributed by atoms with Gasteiger partial charge < -0.3 is 60.0 Å². The molecule has 570 valence electrons. The summed E-state index contributed by atoms with van der Waals surface area (Å²) < 4.78 is 116. The van der Waals surface area contributed by atoms with Crippen LogP contribution in [0.1, 0.15) is 145 Å². The van der Waals surface area contributed by atoms with Crippen LogP contribution in [-0.4, -0.2) is 258 Å². The number of halogens is 8. The molecule has 2 aromatic carbocycles. The molecule has 5 aliphatic rings. The number of rotatable bonds is 10. The van der Waals surface area contributed by atoms with Crippen molar-refractivity contribution in [1.29, 1.82) is 0 Å². The van der Waals surface area contributed by atoms with Gasteiger partial charge in [0.25, 0.3) is 0 Å². The number of alkyl halides is 6. The molecular weight excluding hydrogens is 1360 g/mol. The third kappa shape index (κ3) is 20.3. The molecule has 0 radical (unpaired) electrons. The molecule has 12 amide bonds. The highest BCUT2D eigenvalue weighted by Crippen LogP contribution is 2.38. The number of likely N-dealkylation sites (tertiary alicyclic amines) is 1. The Bertz CT molecular complexity index is 3430. The summed E-state index contributed by atoms with van der Waals surface area (Å²) in [6, 6.07) is -3.82. The minimum Gasteiger partial charge on any atom is -0.343 e. The molecule has 3 N–H and O–H groups in total. The number of aryl methyl sites for hydroxylation is 2. The van der Waals surface area contributed by atoms with Crippen LogP contribution in [0.15, 0.2) is 36.4 Å². The predicted molar refractivity (Wildman–Crippen MR) is 359 cm³/mol. The highest BCUT2D eigenvalue weighted by Gasteiger charge is 2.52. The number of amides is 12. The number of carbonyl (C=O) groups is 12. The maximum atomic E-state index is 15.6. The van der Waals surface area contributed by atoms with E-state index in [1.54, 1.807) is 31.2 Å². The minimum atomic E-state index is -5.42. The van der Waals surface area contributed by atoms with Crippen molar-refractivity contribution < 1.29 is 92.7 Å². The second-order valence-corrected chi connectivity index (χ2v) is 28.6. The average Bonchev–Trinajstić information content (AvgIpc) is 1.75. The van der Waals surface area contributed by atoms with E-state index in [4.69, 9.17) is 0 Å². The van der Waals surface area contributed by atoms with Crippen LogP contribution in [0.5, 0.6) is 0 Å². The average molecular weight is 1460 g/mol. The Hall–Kier alpha value is -8.48. The van der Waals surface area contributed by atoms with E-state index in [0.29, 0.717) is 74.0 Å². The molecule has 3 aliphatic heterocycles. The molecule has 0 aromatic heterocycles. The smallest absolute Gasteiger partial charge is 0.343 e. The van der Waals surface area contributed by atoms with Gasteiger partial charge >= 0.3 is 12.4 Å². The SMILES string of the molecule is CC[C@H](C)[C@@H]1NC(=O)[C@H](CC(F)(F)F)N(C)C(=O)C[C@@H](C(=O)N2CCCC2)N(C)C(=O)[C@H](C2CCCCC2)N(C)C(=O)C2(CCCC2)NC(=O)[C@@H]2CCCN2C(=O)[C@H](CCc2cc(F)c(C(F)(F)F)c(F)c2)NC(=O)CN(C)C(=O)[C@H](Cc2ccc(C)cc2)N(C)C(=O)CN(C)C(=O)CN(C)C1=O. The summed E-state index contributed by atoms with van der Waals surface area (Å²) in [4.78, 5) is 187. The summed E-state index contributed by atoms with van der Waals surface area (Å²) >= 11 is 0. The maximum absolute atomic E-state index is 15.6. The quantitative estimate of drug-likeness (QED) is 0.261. The summed E-state index contributed by atoms with van der Waals surface area (Å²) in [5.41, 5.74) is -2.86. The second-order valence-electron chi connectivity index (χ2n) is 28.6. The molecule has 0 unspecified atom stereocenters. The second kappa shape index (κ2) is 34.9. The zero-order chi connectivity index (χ0) is 76.3. The van der Waals surface area contributed by atoms with Gasteiger partial charge in [0.05, 0.1) is 32.5 Å². The zero-order valence-corrected chi connectivity index (χ0v) is 60.3. The number of likely N-dealkylation sites (N-methyl/N-ethyl adjacent to an activating group) is 7. The van der Waals surface area contributed by atoms with Crippen molar-refractivity contribution >= 4 is 70.9 Å². The monoisotopic (exact) mass is 1460 g/mol. The van der Waals surface area contributed by atoms with Crippen LogP contribution in [0.4, 0.5) is 35.1 Å². The van der Waals surface area contributed by atoms with Gasteiger partial charge in [-0.25, -0.2) is 8.78 Å². The normalized spacial score (nSPS) is 25.4. The van der Waals surface area contributed by atoms with Crippen molar-refractivity contribution in [3.8, 4) is 0 Å². The number of hydrogen-bond donors (Lipinski definition) is 3. The van der Waals surface area contributed by atoms with Gasteiger partial charge in [0.2, 0.25) is 70.9 Å². The molecule has 32 heteroatoms. The number of fused-ring (bicyclic) bond motifs is 1. The van der Waals surface area contributed by atoms with Crippen molar-refractivity contribution in [2.75, 3.05) is 88.6 Å². The predicted octanol–water partition coefficient (Wildman–Crippen LogP) is 5.15. The Morgan fingerprint density at radius 1 is 0.602 bits per heavy atom. The fraction of sp³-hybridized carbons (Fsp3) is 0.662. The maximum Gasteiger partial charge on any atom is 0.422 e. The van der Waals surface area contributed by atoms with Gasteiger partial charge in [0.15, 0.2) is 0 Å². The number of benzene rings is 2. The van der Waals surface area contributed by atoms with Crippen molar-refractivity contribution in [3.05, 3.63) is 70.3 Å². The van der Waals surface area contributed by atoms with E-state index in [-0.39, 0.29) is 63.7 Å². The summed E-state index contributed by atoms with van der Waals surface area (Å²) in [7, 11) is 8.41. The van der Waals surface area contributed by atoms with Gasteiger partial charge in [0, 0.05) is 75.4 Å². The van der Waals surface area contributed by atoms with Crippen molar-refractivity contribution in [1.82, 2.24) is 60.0 Å². The van der Waals surface area contributed by atoms with E-state index in [9.17, 15) is 64.7 Å². The Morgan fingerprint density at radius 2 is 1.18 bits per heavy atom. The molecule has 103 heavy (non-hydrogen) atoms. The third-order valence-corrected chi connectivity index (χ3v) is 21.1. The number of nitrogens with zero attached hydrogens (tertiary/aromatic N) is 9. The molecule has 5 fully saturated rings. The van der Waals surface area contributed by atoms with E-state index in [2.05, 4.69) is 16.0 Å². The molecular formula is C71H98F8N12O12. The summed E-state index contributed by atoms with van der Waals surface area (Å²) in [6.07, 6.45) is -9.58. The van der Waals surface area contributed by atoms with Crippen LogP contribution in [0.2, 0.25) is 0 Å². The molecule has 3 heterocycles. The van der Waals surface area contributed by atoms with Crippen molar-refractivity contribution in [2.45, 2.75) is 203 Å². The lowest BCUT2D eigenvalue weighted by Crippen LogP contribution is -2.65. The topological polar surface area (TPSA) is 270 Å². The molecule has 7 rings (SSSR count). The third-order valence-electron chi connectivity index (χ3n) is 21.1. The van der Waals surface area contributed by atoms with Gasteiger partial charge in [-0.05, 0) is 106 Å². The molecule has 24 nitrogen and oxygen atoms in total. The van der Waals surface area contributed by atoms with E-state index in [1.165, 1.54) is 59.0 Å². The largest absolute Gasteiger partial charge is 0.422 e. The van der Waals surface area contributed by atoms with Crippen LogP contribution in [0.3, 0.4) is 0 Å². The van der Waals surface area contributed by atoms with E-state index in [1.807, 2.05) is 6.92 Å². The van der Waals surface area contributed by atoms with E-state index < -0.39 is 205 Å². The number of hydrogen-bond acceptors (Lipinski definition) is 12. The van der Waals surface area contributed by atoms with E-state index in [0.717, 1.165) is 48.4 Å². The first-order chi connectivity index (χ1) is 48.3. The van der Waals surface area contributed by atoms with Gasteiger partial charge in [-0.3, -0.25) is 57.5 Å². The minimum absolute atomic E-state index is 0.00523. The van der Waals surface area contributed by atoms with Crippen LogP contribution < -0.4 is 16.0 Å². The van der Waals surface area contributed by atoms with Crippen LogP contribution in [0.25, 0.3) is 0 Å². The van der Waals surface area contributed by atoms with Crippen molar-refractivity contribution in [3.63, 3.8) is 0 Å². The van der Waals surface area contributed by atoms with E-state index >= 15 is 28.0 Å². The van der Waals surface area contributed by atoms with Gasteiger partial charge in [-0.1, -0.05) is 82.2 Å². The molecule has 2 aromatic rings. The highest BCUT2D eigenvalue weighted by atomic mass is 19.4. The number of nitrogens with one attached hydrogen (secondary N) is 3. The lowest BCUT2D eigenvalue weighted by molar-refractivity contribution is -0.163. The summed E-state index contributed by atoms with van der Waals surface area (Å²) in [5, 5.41) is 7.90. The molecule has 3 saturated heterocycles. The first kappa shape index (κ1) is 81.8. The van der Waals surface area contributed by atoms with Gasteiger partial charge in [0.1, 0.15) is 65.0 Å². The van der Waals surface area contributed by atoms with Crippen LogP contribution in [-0.2, 0) is 76.6 Å². The number of carbonyl (C=O) groups excluding carboxylic acids is 12. The van der Waals surface area contributed by atoms with Crippen LogP contribution >= 0.6 is 0 Å². The van der Waals surface area contributed by atoms with Gasteiger partial charge in [-0.2, -0.15) is 26.3 Å².